The second kappa shape index (κ2) is 5.60. The van der Waals surface area contributed by atoms with E-state index in [0.717, 1.165) is 0 Å². The molecule has 0 aliphatic carbocycles. The van der Waals surface area contributed by atoms with Crippen LogP contribution in [0.25, 0.3) is 5.69 Å². The van der Waals surface area contributed by atoms with Crippen molar-refractivity contribution < 1.29 is 9.18 Å². The van der Waals surface area contributed by atoms with Gasteiger partial charge in [-0.3, -0.25) is 4.79 Å². The summed E-state index contributed by atoms with van der Waals surface area (Å²) < 4.78 is 15.1. The zero-order chi connectivity index (χ0) is 13.8. The quantitative estimate of drug-likeness (QED) is 0.916. The number of nitrogens with zero attached hydrogens (tertiary/aromatic N) is 3. The van der Waals surface area contributed by atoms with E-state index in [-0.39, 0.29) is 17.8 Å². The first-order valence-corrected chi connectivity index (χ1v) is 6.07. The van der Waals surface area contributed by atoms with Crippen molar-refractivity contribution in [1.29, 1.82) is 0 Å². The number of amides is 1. The first-order chi connectivity index (χ1) is 9.13. The van der Waals surface area contributed by atoms with Gasteiger partial charge in [0.1, 0.15) is 17.8 Å². The maximum Gasteiger partial charge on any atom is 0.220 e. The molecule has 2 rings (SSSR count). The molecule has 0 aliphatic rings. The molecule has 6 heteroatoms. The summed E-state index contributed by atoms with van der Waals surface area (Å²) in [7, 11) is 0. The average Bonchev–Trinajstić information content (AvgIpc) is 2.88. The molecular weight excluding hydrogens is 247 g/mol. The Morgan fingerprint density at radius 3 is 2.89 bits per heavy atom. The molecular formula is C13H15FN4O. The Balaban J connectivity index is 2.33. The molecule has 0 unspecified atom stereocenters. The first-order valence-electron chi connectivity index (χ1n) is 6.07. The van der Waals surface area contributed by atoms with Gasteiger partial charge in [-0.1, -0.05) is 19.1 Å². The number of hydrogen-bond donors (Lipinski definition) is 1. The third-order valence-corrected chi connectivity index (χ3v) is 2.74. The van der Waals surface area contributed by atoms with Crippen LogP contribution in [0.5, 0.6) is 0 Å². The highest BCUT2D eigenvalue weighted by atomic mass is 19.1. The monoisotopic (exact) mass is 262 g/mol. The van der Waals surface area contributed by atoms with Gasteiger partial charge in [-0.15, -0.1) is 0 Å². The summed E-state index contributed by atoms with van der Waals surface area (Å²) in [6.07, 6.45) is 1.73. The lowest BCUT2D eigenvalue weighted by Gasteiger charge is -2.14. The molecule has 0 spiro atoms. The fourth-order valence-electron chi connectivity index (χ4n) is 1.76. The molecule has 5 nitrogen and oxygen atoms in total. The SMILES string of the molecule is CCC(=O)N[C@@H](C)c1ncnn1-c1ccccc1F. The summed E-state index contributed by atoms with van der Waals surface area (Å²) in [5.74, 6) is 0.0192. The molecule has 0 aliphatic heterocycles. The van der Waals surface area contributed by atoms with E-state index in [1.807, 2.05) is 0 Å². The van der Waals surface area contributed by atoms with Crippen LogP contribution in [-0.2, 0) is 4.79 Å². The predicted octanol–water partition coefficient (Wildman–Crippen LogP) is 1.99. The lowest BCUT2D eigenvalue weighted by Crippen LogP contribution is -2.28. The van der Waals surface area contributed by atoms with Gasteiger partial charge in [0, 0.05) is 6.42 Å². The number of benzene rings is 1. The number of para-hydroxylation sites is 1. The number of hydrogen-bond acceptors (Lipinski definition) is 3. The third kappa shape index (κ3) is 2.78. The van der Waals surface area contributed by atoms with Crippen LogP contribution in [0.4, 0.5) is 4.39 Å². The van der Waals surface area contributed by atoms with Gasteiger partial charge in [-0.05, 0) is 19.1 Å². The van der Waals surface area contributed by atoms with E-state index in [9.17, 15) is 9.18 Å². The Bertz CT molecular complexity index is 582. The van der Waals surface area contributed by atoms with E-state index in [4.69, 9.17) is 0 Å². The van der Waals surface area contributed by atoms with Crippen LogP contribution < -0.4 is 5.32 Å². The van der Waals surface area contributed by atoms with Crippen LogP contribution in [0.15, 0.2) is 30.6 Å². The summed E-state index contributed by atoms with van der Waals surface area (Å²) >= 11 is 0. The minimum absolute atomic E-state index is 0.0874. The molecule has 1 heterocycles. The van der Waals surface area contributed by atoms with Gasteiger partial charge in [0.05, 0.1) is 6.04 Å². The van der Waals surface area contributed by atoms with E-state index in [1.54, 1.807) is 32.0 Å². The van der Waals surface area contributed by atoms with E-state index >= 15 is 0 Å². The largest absolute Gasteiger partial charge is 0.346 e. The van der Waals surface area contributed by atoms with E-state index in [1.165, 1.54) is 17.1 Å². The Labute approximate surface area is 110 Å². The van der Waals surface area contributed by atoms with Crippen LogP contribution >= 0.6 is 0 Å². The van der Waals surface area contributed by atoms with Crippen molar-refractivity contribution in [1.82, 2.24) is 20.1 Å². The van der Waals surface area contributed by atoms with Crippen LogP contribution in [0.1, 0.15) is 32.1 Å². The highest BCUT2D eigenvalue weighted by molar-refractivity contribution is 5.75. The van der Waals surface area contributed by atoms with Crippen LogP contribution in [0.2, 0.25) is 0 Å². The highest BCUT2D eigenvalue weighted by Crippen LogP contribution is 2.17. The number of carbonyl (C=O) groups excluding carboxylic acids is 1. The van der Waals surface area contributed by atoms with Crippen LogP contribution in [0, 0.1) is 5.82 Å². The van der Waals surface area contributed by atoms with E-state index in [2.05, 4.69) is 15.4 Å². The second-order valence-corrected chi connectivity index (χ2v) is 4.12. The van der Waals surface area contributed by atoms with Gasteiger partial charge in [-0.25, -0.2) is 14.1 Å². The average molecular weight is 262 g/mol. The lowest BCUT2D eigenvalue weighted by molar-refractivity contribution is -0.121. The second-order valence-electron chi connectivity index (χ2n) is 4.12. The smallest absolute Gasteiger partial charge is 0.220 e. The molecule has 0 fully saturated rings. The topological polar surface area (TPSA) is 59.8 Å². The summed E-state index contributed by atoms with van der Waals surface area (Å²) in [6, 6.07) is 5.96. The molecule has 1 N–H and O–H groups in total. The van der Waals surface area contributed by atoms with Crippen molar-refractivity contribution in [3.63, 3.8) is 0 Å². The Kier molecular flexibility index (Phi) is 3.89. The molecule has 1 aromatic heterocycles. The molecule has 19 heavy (non-hydrogen) atoms. The molecule has 0 bridgehead atoms. The molecule has 1 atom stereocenters. The van der Waals surface area contributed by atoms with Gasteiger partial charge in [0.2, 0.25) is 5.91 Å². The van der Waals surface area contributed by atoms with E-state index < -0.39 is 0 Å². The van der Waals surface area contributed by atoms with Crippen molar-refractivity contribution in [3.8, 4) is 5.69 Å². The Hall–Kier alpha value is -2.24. The zero-order valence-corrected chi connectivity index (χ0v) is 10.8. The van der Waals surface area contributed by atoms with Gasteiger partial charge in [0.25, 0.3) is 0 Å². The molecule has 0 radical (unpaired) electrons. The first kappa shape index (κ1) is 13.2. The van der Waals surface area contributed by atoms with Crippen molar-refractivity contribution in [2.75, 3.05) is 0 Å². The third-order valence-electron chi connectivity index (χ3n) is 2.74. The fraction of sp³-hybridized carbons (Fsp3) is 0.308. The zero-order valence-electron chi connectivity index (χ0n) is 10.8. The summed E-state index contributed by atoms with van der Waals surface area (Å²) in [4.78, 5) is 15.5. The predicted molar refractivity (Wildman–Crippen MR) is 68.2 cm³/mol. The van der Waals surface area contributed by atoms with Gasteiger partial charge in [0.15, 0.2) is 5.82 Å². The molecule has 100 valence electrons. The minimum Gasteiger partial charge on any atom is -0.346 e. The summed E-state index contributed by atoms with van der Waals surface area (Å²) in [6.45, 7) is 3.55. The highest BCUT2D eigenvalue weighted by Gasteiger charge is 2.17. The molecule has 2 aromatic rings. The molecule has 0 saturated carbocycles. The van der Waals surface area contributed by atoms with E-state index in [0.29, 0.717) is 17.9 Å². The minimum atomic E-state index is -0.386. The number of halogens is 1. The normalized spacial score (nSPS) is 12.2. The van der Waals surface area contributed by atoms with Crippen molar-refractivity contribution >= 4 is 5.91 Å². The number of aromatic nitrogens is 3. The van der Waals surface area contributed by atoms with Gasteiger partial charge in [-0.2, -0.15) is 5.10 Å². The summed E-state index contributed by atoms with van der Waals surface area (Å²) in [5.41, 5.74) is 0.313. The number of rotatable bonds is 4. The van der Waals surface area contributed by atoms with Crippen molar-refractivity contribution in [2.24, 2.45) is 0 Å². The summed E-state index contributed by atoms with van der Waals surface area (Å²) in [5, 5.41) is 6.79. The maximum absolute atomic E-state index is 13.7. The van der Waals surface area contributed by atoms with Crippen molar-refractivity contribution in [3.05, 3.63) is 42.2 Å². The molecule has 0 saturated heterocycles. The van der Waals surface area contributed by atoms with Crippen molar-refractivity contribution in [2.45, 2.75) is 26.3 Å². The fourth-order valence-corrected chi connectivity index (χ4v) is 1.76. The lowest BCUT2D eigenvalue weighted by atomic mass is 10.2. The Morgan fingerprint density at radius 1 is 1.47 bits per heavy atom. The number of carbonyl (C=O) groups is 1. The van der Waals surface area contributed by atoms with Gasteiger partial charge >= 0.3 is 0 Å². The van der Waals surface area contributed by atoms with Gasteiger partial charge < -0.3 is 5.32 Å². The Morgan fingerprint density at radius 2 is 2.21 bits per heavy atom. The molecule has 1 amide bonds. The standard InChI is InChI=1S/C13H15FN4O/c1-3-12(19)17-9(2)13-15-8-16-18(13)11-7-5-4-6-10(11)14/h4-9H,3H2,1-2H3,(H,17,19)/t9-/m0/s1. The van der Waals surface area contributed by atoms with Crippen LogP contribution in [-0.4, -0.2) is 20.7 Å². The molecule has 1 aromatic carbocycles. The maximum atomic E-state index is 13.7. The number of nitrogens with one attached hydrogen (secondary N) is 1. The van der Waals surface area contributed by atoms with Crippen LogP contribution in [0.3, 0.4) is 0 Å².